The number of hydrogen-bond donors (Lipinski definition) is 1. The molecule has 0 aliphatic rings. The molecule has 1 N–H and O–H groups in total. The number of benzene rings is 1. The summed E-state index contributed by atoms with van der Waals surface area (Å²) in [7, 11) is 0. The van der Waals surface area contributed by atoms with Crippen LogP contribution in [0.5, 0.6) is 0 Å². The molecule has 0 heterocycles. The third-order valence-corrected chi connectivity index (χ3v) is 2.99. The van der Waals surface area contributed by atoms with E-state index in [-0.39, 0.29) is 11.6 Å². The molecular weight excluding hydrogens is 312 g/mol. The Morgan fingerprint density at radius 2 is 1.36 bits per heavy atom. The first-order chi connectivity index (χ1) is 9.98. The number of nitrogens with zero attached hydrogens (tertiary/aromatic N) is 1. The topological polar surface area (TPSA) is 23.5 Å². The maximum Gasteiger partial charge on any atom is 0.416 e. The van der Waals surface area contributed by atoms with Crippen LogP contribution in [0.2, 0.25) is 0 Å². The van der Waals surface area contributed by atoms with Crippen LogP contribution in [0.1, 0.15) is 30.5 Å². The molecule has 0 fully saturated rings. The molecule has 0 spiro atoms. The lowest BCUT2D eigenvalue weighted by Gasteiger charge is -2.19. The van der Waals surface area contributed by atoms with Gasteiger partial charge in [0, 0.05) is 19.2 Å². The molecule has 0 bridgehead atoms. The third kappa shape index (κ3) is 4.57. The van der Waals surface area contributed by atoms with E-state index in [0.717, 1.165) is 6.08 Å². The summed E-state index contributed by atoms with van der Waals surface area (Å²) in [5.74, 6) is -0.391. The monoisotopic (exact) mass is 327 g/mol. The Balaban J connectivity index is 3.39. The van der Waals surface area contributed by atoms with Gasteiger partial charge in [0.25, 0.3) is 0 Å². The van der Waals surface area contributed by atoms with Gasteiger partial charge in [0.05, 0.1) is 11.1 Å². The number of alkyl halides is 6. The molecule has 8 heteroatoms. The van der Waals surface area contributed by atoms with Gasteiger partial charge in [-0.25, -0.2) is 0 Å². The van der Waals surface area contributed by atoms with Crippen LogP contribution >= 0.6 is 0 Å². The van der Waals surface area contributed by atoms with E-state index < -0.39 is 29.4 Å². The SMILES string of the molecule is CCN(CC)/C(O)=C/c1cc(C(F)(F)F)cc(C(F)(F)F)c1. The Hall–Kier alpha value is -1.86. The molecule has 1 aromatic rings. The van der Waals surface area contributed by atoms with Crippen LogP contribution in [0.3, 0.4) is 0 Å². The first-order valence-electron chi connectivity index (χ1n) is 6.44. The molecule has 0 unspecified atom stereocenters. The van der Waals surface area contributed by atoms with E-state index in [0.29, 0.717) is 25.2 Å². The van der Waals surface area contributed by atoms with Crippen LogP contribution in [-0.4, -0.2) is 23.1 Å². The van der Waals surface area contributed by atoms with Crippen molar-refractivity contribution in [3.8, 4) is 0 Å². The predicted molar refractivity (Wildman–Crippen MR) is 70.0 cm³/mol. The second kappa shape index (κ2) is 6.50. The molecule has 0 aliphatic carbocycles. The average Bonchev–Trinajstić information content (AvgIpc) is 2.37. The fourth-order valence-electron chi connectivity index (χ4n) is 1.85. The first kappa shape index (κ1) is 18.2. The van der Waals surface area contributed by atoms with Gasteiger partial charge in [0.1, 0.15) is 0 Å². The van der Waals surface area contributed by atoms with Crippen molar-refractivity contribution in [2.45, 2.75) is 26.2 Å². The van der Waals surface area contributed by atoms with Crippen molar-refractivity contribution in [1.29, 1.82) is 0 Å². The van der Waals surface area contributed by atoms with Crippen molar-refractivity contribution in [3.05, 3.63) is 40.8 Å². The third-order valence-electron chi connectivity index (χ3n) is 2.99. The lowest BCUT2D eigenvalue weighted by molar-refractivity contribution is -0.143. The van der Waals surface area contributed by atoms with Gasteiger partial charge < -0.3 is 10.0 Å². The molecule has 0 aliphatic heterocycles. The molecule has 0 saturated carbocycles. The van der Waals surface area contributed by atoms with E-state index in [4.69, 9.17) is 0 Å². The summed E-state index contributed by atoms with van der Waals surface area (Å²) in [5.41, 5.74) is -3.20. The van der Waals surface area contributed by atoms with Gasteiger partial charge in [-0.1, -0.05) is 0 Å². The van der Waals surface area contributed by atoms with E-state index in [1.807, 2.05) is 0 Å². The van der Waals surface area contributed by atoms with Crippen molar-refractivity contribution in [1.82, 2.24) is 4.90 Å². The van der Waals surface area contributed by atoms with Crippen molar-refractivity contribution in [3.63, 3.8) is 0 Å². The first-order valence-corrected chi connectivity index (χ1v) is 6.44. The molecule has 22 heavy (non-hydrogen) atoms. The van der Waals surface area contributed by atoms with Gasteiger partial charge in [0.15, 0.2) is 5.88 Å². The largest absolute Gasteiger partial charge is 0.495 e. The number of hydrogen-bond acceptors (Lipinski definition) is 2. The van der Waals surface area contributed by atoms with E-state index in [9.17, 15) is 31.4 Å². The van der Waals surface area contributed by atoms with Crippen LogP contribution in [0, 0.1) is 0 Å². The van der Waals surface area contributed by atoms with E-state index >= 15 is 0 Å². The smallest absolute Gasteiger partial charge is 0.416 e. The van der Waals surface area contributed by atoms with Gasteiger partial charge in [-0.05, 0) is 37.6 Å². The fourth-order valence-corrected chi connectivity index (χ4v) is 1.85. The van der Waals surface area contributed by atoms with Crippen molar-refractivity contribution < 1.29 is 31.4 Å². The van der Waals surface area contributed by atoms with E-state index in [2.05, 4.69) is 0 Å². The van der Waals surface area contributed by atoms with E-state index in [1.165, 1.54) is 4.90 Å². The molecular formula is C14H15F6NO. The fraction of sp³-hybridized carbons (Fsp3) is 0.429. The molecule has 1 aromatic carbocycles. The zero-order valence-corrected chi connectivity index (χ0v) is 11.9. The Labute approximate surface area is 123 Å². The minimum absolute atomic E-state index is 0.0474. The van der Waals surface area contributed by atoms with Crippen LogP contribution < -0.4 is 0 Å². The minimum Gasteiger partial charge on any atom is -0.495 e. The molecule has 1 rings (SSSR count). The molecule has 0 radical (unpaired) electrons. The molecule has 0 aromatic heterocycles. The van der Waals surface area contributed by atoms with Gasteiger partial charge in [-0.3, -0.25) is 0 Å². The Morgan fingerprint density at radius 3 is 1.68 bits per heavy atom. The van der Waals surface area contributed by atoms with Gasteiger partial charge in [-0.2, -0.15) is 26.3 Å². The number of aliphatic hydroxyl groups excluding tert-OH is 1. The Morgan fingerprint density at radius 1 is 0.955 bits per heavy atom. The lowest BCUT2D eigenvalue weighted by atomic mass is 10.0. The van der Waals surface area contributed by atoms with Crippen molar-refractivity contribution >= 4 is 6.08 Å². The predicted octanol–water partition coefficient (Wildman–Crippen LogP) is 4.92. The maximum absolute atomic E-state index is 12.7. The maximum atomic E-state index is 12.7. The van der Waals surface area contributed by atoms with E-state index in [1.54, 1.807) is 13.8 Å². The van der Waals surface area contributed by atoms with Gasteiger partial charge in [-0.15, -0.1) is 0 Å². The van der Waals surface area contributed by atoms with Crippen LogP contribution in [0.25, 0.3) is 6.08 Å². The standard InChI is InChI=1S/C14H15F6NO/c1-3-21(4-2)12(22)7-9-5-10(13(15,16)17)8-11(6-9)14(18,19)20/h5-8,22H,3-4H2,1-2H3/b12-7-. The summed E-state index contributed by atoms with van der Waals surface area (Å²) in [6.45, 7) is 4.12. The Bertz CT molecular complexity index is 511. The zero-order chi connectivity index (χ0) is 17.1. The summed E-state index contributed by atoms with van der Waals surface area (Å²) < 4.78 is 76.2. The molecule has 2 nitrogen and oxygen atoms in total. The highest BCUT2D eigenvalue weighted by molar-refractivity contribution is 5.54. The molecule has 0 saturated heterocycles. The summed E-state index contributed by atoms with van der Waals surface area (Å²) in [6.07, 6.45) is -8.93. The highest BCUT2D eigenvalue weighted by Crippen LogP contribution is 2.36. The molecule has 0 amide bonds. The van der Waals surface area contributed by atoms with Gasteiger partial charge >= 0.3 is 12.4 Å². The molecule has 0 atom stereocenters. The van der Waals surface area contributed by atoms with Crippen molar-refractivity contribution in [2.24, 2.45) is 0 Å². The number of aliphatic hydroxyl groups is 1. The second-order valence-corrected chi connectivity index (χ2v) is 4.51. The molecule has 124 valence electrons. The quantitative estimate of drug-likeness (QED) is 0.626. The van der Waals surface area contributed by atoms with Gasteiger partial charge in [0.2, 0.25) is 0 Å². The number of halogens is 6. The highest BCUT2D eigenvalue weighted by atomic mass is 19.4. The summed E-state index contributed by atoms with van der Waals surface area (Å²) in [4.78, 5) is 1.40. The summed E-state index contributed by atoms with van der Waals surface area (Å²) in [5, 5.41) is 9.77. The minimum atomic E-state index is -4.91. The van der Waals surface area contributed by atoms with Crippen LogP contribution in [-0.2, 0) is 12.4 Å². The number of rotatable bonds is 4. The van der Waals surface area contributed by atoms with Crippen LogP contribution in [0.15, 0.2) is 24.1 Å². The lowest BCUT2D eigenvalue weighted by Crippen LogP contribution is -2.21. The summed E-state index contributed by atoms with van der Waals surface area (Å²) >= 11 is 0. The van der Waals surface area contributed by atoms with Crippen molar-refractivity contribution in [2.75, 3.05) is 13.1 Å². The van der Waals surface area contributed by atoms with Crippen LogP contribution in [0.4, 0.5) is 26.3 Å². The zero-order valence-electron chi connectivity index (χ0n) is 11.9. The Kier molecular flexibility index (Phi) is 5.37. The second-order valence-electron chi connectivity index (χ2n) is 4.51. The average molecular weight is 327 g/mol. The summed E-state index contributed by atoms with van der Waals surface area (Å²) in [6, 6.07) is 1.18. The normalized spacial score (nSPS) is 13.4. The highest BCUT2D eigenvalue weighted by Gasteiger charge is 2.36.